The van der Waals surface area contributed by atoms with Crippen molar-refractivity contribution in [2.75, 3.05) is 12.3 Å². The lowest BCUT2D eigenvalue weighted by molar-refractivity contribution is 0.0273. The van der Waals surface area contributed by atoms with Crippen LogP contribution in [0.4, 0.5) is 0 Å². The second-order valence-corrected chi connectivity index (χ2v) is 8.73. The van der Waals surface area contributed by atoms with Crippen LogP contribution in [0.5, 0.6) is 0 Å². The number of hydrogen-bond donors (Lipinski definition) is 3. The summed E-state index contributed by atoms with van der Waals surface area (Å²) in [7, 11) is 0. The molecule has 1 fully saturated rings. The summed E-state index contributed by atoms with van der Waals surface area (Å²) in [6.07, 6.45) is 5.84. The molecule has 0 aromatic heterocycles. The van der Waals surface area contributed by atoms with E-state index in [-0.39, 0.29) is 0 Å². The SMILES string of the molecule is NCCC(O)(I)c1cccc(SCC2(O)CCCCC2)c1. The van der Waals surface area contributed by atoms with Gasteiger partial charge in [-0.2, -0.15) is 0 Å². The largest absolute Gasteiger partial charge is 0.389 e. The summed E-state index contributed by atoms with van der Waals surface area (Å²) in [5.41, 5.74) is 5.93. The van der Waals surface area contributed by atoms with Crippen molar-refractivity contribution in [3.8, 4) is 0 Å². The molecule has 0 spiro atoms. The fourth-order valence-corrected chi connectivity index (χ4v) is 4.49. The number of alkyl halides is 1. The maximum absolute atomic E-state index is 10.6. The van der Waals surface area contributed by atoms with Crippen molar-refractivity contribution in [1.82, 2.24) is 0 Å². The Balaban J connectivity index is 2.01. The molecule has 0 heterocycles. The van der Waals surface area contributed by atoms with Crippen LogP contribution in [0.25, 0.3) is 0 Å². The molecule has 2 rings (SSSR count). The summed E-state index contributed by atoms with van der Waals surface area (Å²) < 4.78 is -0.912. The minimum absolute atomic E-state index is 0.455. The quantitative estimate of drug-likeness (QED) is 0.374. The first-order chi connectivity index (χ1) is 9.95. The van der Waals surface area contributed by atoms with E-state index in [0.717, 1.165) is 41.9 Å². The Bertz CT molecular complexity index is 461. The highest BCUT2D eigenvalue weighted by molar-refractivity contribution is 14.1. The normalized spacial score (nSPS) is 21.0. The predicted octanol–water partition coefficient (Wildman–Crippen LogP) is 3.40. The number of hydrogen-bond acceptors (Lipinski definition) is 4. The first kappa shape index (κ1) is 17.5. The maximum Gasteiger partial charge on any atom is 0.142 e. The highest BCUT2D eigenvalue weighted by atomic mass is 127. The van der Waals surface area contributed by atoms with Crippen LogP contribution in [-0.2, 0) is 3.61 Å². The van der Waals surface area contributed by atoms with Gasteiger partial charge in [0.25, 0.3) is 0 Å². The van der Waals surface area contributed by atoms with Gasteiger partial charge in [-0.25, -0.2) is 0 Å². The van der Waals surface area contributed by atoms with Gasteiger partial charge in [-0.3, -0.25) is 0 Å². The van der Waals surface area contributed by atoms with Gasteiger partial charge in [0.2, 0.25) is 0 Å². The van der Waals surface area contributed by atoms with Crippen molar-refractivity contribution in [1.29, 1.82) is 0 Å². The standard InChI is InChI=1S/C16H24INO2S/c17-16(20,9-10-18)13-5-4-6-14(11-13)21-12-15(19)7-2-1-3-8-15/h4-6,11,19-20H,1-3,7-10,12,18H2. The van der Waals surface area contributed by atoms with Crippen molar-refractivity contribution in [3.63, 3.8) is 0 Å². The van der Waals surface area contributed by atoms with Gasteiger partial charge in [-0.05, 0) is 59.7 Å². The van der Waals surface area contributed by atoms with E-state index in [4.69, 9.17) is 5.73 Å². The van der Waals surface area contributed by atoms with Crippen LogP contribution in [0.15, 0.2) is 29.2 Å². The highest BCUT2D eigenvalue weighted by Crippen LogP contribution is 2.36. The molecule has 3 nitrogen and oxygen atoms in total. The lowest BCUT2D eigenvalue weighted by atomic mass is 9.86. The van der Waals surface area contributed by atoms with E-state index in [9.17, 15) is 10.2 Å². The van der Waals surface area contributed by atoms with Gasteiger partial charge >= 0.3 is 0 Å². The summed E-state index contributed by atoms with van der Waals surface area (Å²) in [4.78, 5) is 1.10. The van der Waals surface area contributed by atoms with Crippen LogP contribution in [0, 0.1) is 0 Å². The van der Waals surface area contributed by atoms with E-state index in [1.807, 2.05) is 46.9 Å². The third-order valence-corrected chi connectivity index (χ3v) is 6.47. The smallest absolute Gasteiger partial charge is 0.142 e. The number of rotatable bonds is 6. The molecule has 118 valence electrons. The highest BCUT2D eigenvalue weighted by Gasteiger charge is 2.29. The molecule has 5 heteroatoms. The Hall–Kier alpha value is 0.180. The van der Waals surface area contributed by atoms with Gasteiger partial charge < -0.3 is 15.9 Å². The molecule has 1 aliphatic rings. The van der Waals surface area contributed by atoms with Crippen LogP contribution >= 0.6 is 34.4 Å². The summed E-state index contributed by atoms with van der Waals surface area (Å²) in [5, 5.41) is 21.0. The molecular weight excluding hydrogens is 397 g/mol. The Kier molecular flexibility index (Phi) is 6.38. The predicted molar refractivity (Wildman–Crippen MR) is 96.8 cm³/mol. The fourth-order valence-electron chi connectivity index (χ4n) is 2.73. The zero-order chi connectivity index (χ0) is 15.3. The Morgan fingerprint density at radius 2 is 2.00 bits per heavy atom. The van der Waals surface area contributed by atoms with Gasteiger partial charge in [0.05, 0.1) is 5.60 Å². The molecule has 0 radical (unpaired) electrons. The average Bonchev–Trinajstić information content (AvgIpc) is 2.46. The average molecular weight is 421 g/mol. The van der Waals surface area contributed by atoms with Gasteiger partial charge in [0.15, 0.2) is 0 Å². The Morgan fingerprint density at radius 1 is 1.29 bits per heavy atom. The molecule has 1 aliphatic carbocycles. The monoisotopic (exact) mass is 421 g/mol. The van der Waals surface area contributed by atoms with Crippen molar-refractivity contribution in [3.05, 3.63) is 29.8 Å². The zero-order valence-electron chi connectivity index (χ0n) is 12.2. The first-order valence-corrected chi connectivity index (χ1v) is 9.59. The van der Waals surface area contributed by atoms with E-state index in [1.165, 1.54) is 6.42 Å². The molecular formula is C16H24INO2S. The van der Waals surface area contributed by atoms with Crippen molar-refractivity contribution in [2.24, 2.45) is 5.73 Å². The third kappa shape index (κ3) is 5.10. The van der Waals surface area contributed by atoms with E-state index in [2.05, 4.69) is 0 Å². The van der Waals surface area contributed by atoms with Crippen LogP contribution in [0.3, 0.4) is 0 Å². The lowest BCUT2D eigenvalue weighted by Crippen LogP contribution is -2.33. The molecule has 1 aromatic carbocycles. The summed E-state index contributed by atoms with van der Waals surface area (Å²) >= 11 is 3.73. The molecule has 1 atom stereocenters. The van der Waals surface area contributed by atoms with Crippen LogP contribution in [-0.4, -0.2) is 28.1 Å². The third-order valence-electron chi connectivity index (χ3n) is 4.04. The first-order valence-electron chi connectivity index (χ1n) is 7.52. The number of nitrogens with two attached hydrogens (primary N) is 1. The second kappa shape index (κ2) is 7.64. The van der Waals surface area contributed by atoms with Crippen molar-refractivity contribution in [2.45, 2.75) is 52.6 Å². The molecule has 0 aliphatic heterocycles. The van der Waals surface area contributed by atoms with Crippen LogP contribution < -0.4 is 5.73 Å². The molecule has 0 bridgehead atoms. The molecule has 1 saturated carbocycles. The topological polar surface area (TPSA) is 66.5 Å². The molecule has 4 N–H and O–H groups in total. The van der Waals surface area contributed by atoms with Crippen LogP contribution in [0.2, 0.25) is 0 Å². The molecule has 21 heavy (non-hydrogen) atoms. The second-order valence-electron chi connectivity index (χ2n) is 5.90. The van der Waals surface area contributed by atoms with Gasteiger partial charge in [0, 0.05) is 17.1 Å². The summed E-state index contributed by atoms with van der Waals surface area (Å²) in [6.45, 7) is 0.455. The maximum atomic E-state index is 10.6. The minimum Gasteiger partial charge on any atom is -0.389 e. The number of thioether (sulfide) groups is 1. The molecule has 0 saturated heterocycles. The van der Waals surface area contributed by atoms with Gasteiger partial charge in [-0.1, -0.05) is 31.4 Å². The van der Waals surface area contributed by atoms with Crippen molar-refractivity contribution >= 4 is 34.4 Å². The summed E-state index contributed by atoms with van der Waals surface area (Å²) in [6, 6.07) is 7.94. The van der Waals surface area contributed by atoms with Gasteiger partial charge in [-0.15, -0.1) is 11.8 Å². The van der Waals surface area contributed by atoms with Gasteiger partial charge in [0.1, 0.15) is 3.61 Å². The fraction of sp³-hybridized carbons (Fsp3) is 0.625. The van der Waals surface area contributed by atoms with E-state index in [1.54, 1.807) is 11.8 Å². The van der Waals surface area contributed by atoms with E-state index < -0.39 is 9.21 Å². The van der Waals surface area contributed by atoms with E-state index in [0.29, 0.717) is 13.0 Å². The molecule has 0 amide bonds. The number of aliphatic hydroxyl groups is 2. The lowest BCUT2D eigenvalue weighted by Gasteiger charge is -2.31. The molecule has 1 unspecified atom stereocenters. The van der Waals surface area contributed by atoms with E-state index >= 15 is 0 Å². The molecule has 1 aromatic rings. The Labute approximate surface area is 144 Å². The number of halogens is 1. The minimum atomic E-state index is -0.912. The number of benzene rings is 1. The Morgan fingerprint density at radius 3 is 2.67 bits per heavy atom. The summed E-state index contributed by atoms with van der Waals surface area (Å²) in [5.74, 6) is 0.729. The van der Waals surface area contributed by atoms with Crippen LogP contribution in [0.1, 0.15) is 44.1 Å². The zero-order valence-corrected chi connectivity index (χ0v) is 15.2. The van der Waals surface area contributed by atoms with Crippen molar-refractivity contribution < 1.29 is 10.2 Å².